The molecule has 2 aromatic carbocycles. The number of halogens is 2. The Labute approximate surface area is 206 Å². The average molecular weight is 495 g/mol. The number of hydrogen-bond acceptors (Lipinski definition) is 4. The third-order valence-corrected chi connectivity index (χ3v) is 6.44. The number of urea groups is 1. The monoisotopic (exact) mass is 494 g/mol. The van der Waals surface area contributed by atoms with Crippen molar-refractivity contribution in [3.05, 3.63) is 86.7 Å². The third kappa shape index (κ3) is 3.96. The molecule has 1 aliphatic heterocycles. The average Bonchev–Trinajstić information content (AvgIpc) is 3.20. The first-order chi connectivity index (χ1) is 16.0. The number of imide groups is 1. The van der Waals surface area contributed by atoms with Gasteiger partial charge < -0.3 is 9.88 Å². The van der Waals surface area contributed by atoms with Crippen molar-refractivity contribution >= 4 is 40.9 Å². The number of rotatable bonds is 5. The highest BCUT2D eigenvalue weighted by Gasteiger charge is 2.49. The van der Waals surface area contributed by atoms with E-state index in [1.807, 2.05) is 17.6 Å². The topological polar surface area (TPSA) is 95.2 Å². The number of benzene rings is 2. The molecule has 3 aromatic rings. The zero-order valence-electron chi connectivity index (χ0n) is 18.6. The molecular formula is C25H20Cl2N4O3. The highest BCUT2D eigenvalue weighted by molar-refractivity contribution is 6.34. The smallest absolute Gasteiger partial charge is 0.319 e. The normalized spacial score (nSPS) is 17.6. The fourth-order valence-electron chi connectivity index (χ4n) is 4.25. The van der Waals surface area contributed by atoms with Gasteiger partial charge >= 0.3 is 6.03 Å². The van der Waals surface area contributed by atoms with Crippen molar-refractivity contribution in [2.75, 3.05) is 6.54 Å². The molecule has 34 heavy (non-hydrogen) atoms. The summed E-state index contributed by atoms with van der Waals surface area (Å²) in [6, 6.07) is 14.6. The van der Waals surface area contributed by atoms with E-state index in [1.165, 1.54) is 0 Å². The molecule has 3 amide bonds. The second kappa shape index (κ2) is 8.64. The maximum absolute atomic E-state index is 13.2. The first kappa shape index (κ1) is 23.6. The Bertz CT molecular complexity index is 1370. The van der Waals surface area contributed by atoms with E-state index in [0.29, 0.717) is 38.1 Å². The molecule has 0 spiro atoms. The van der Waals surface area contributed by atoms with Crippen molar-refractivity contribution in [3.8, 4) is 11.8 Å². The van der Waals surface area contributed by atoms with Crippen LogP contribution in [0.1, 0.15) is 39.8 Å². The molecule has 7 nitrogen and oxygen atoms in total. The van der Waals surface area contributed by atoms with Gasteiger partial charge in [0.2, 0.25) is 0 Å². The van der Waals surface area contributed by atoms with Gasteiger partial charge in [-0.25, -0.2) is 4.79 Å². The van der Waals surface area contributed by atoms with Gasteiger partial charge in [-0.3, -0.25) is 14.5 Å². The Morgan fingerprint density at radius 3 is 2.26 bits per heavy atom. The van der Waals surface area contributed by atoms with Crippen molar-refractivity contribution in [2.45, 2.75) is 26.3 Å². The minimum absolute atomic E-state index is 0.375. The second-order valence-electron chi connectivity index (χ2n) is 8.31. The number of nitriles is 1. The second-order valence-corrected chi connectivity index (χ2v) is 9.18. The number of carbonyl (C=O) groups excluding carboxylic acids is 3. The molecule has 0 aliphatic carbocycles. The lowest BCUT2D eigenvalue weighted by Crippen LogP contribution is -2.41. The fourth-order valence-corrected chi connectivity index (χ4v) is 4.77. The summed E-state index contributed by atoms with van der Waals surface area (Å²) in [5.74, 6) is -0.911. The lowest BCUT2D eigenvalue weighted by atomic mass is 9.91. The van der Waals surface area contributed by atoms with Crippen molar-refractivity contribution in [3.63, 3.8) is 0 Å². The lowest BCUT2D eigenvalue weighted by molar-refractivity contribution is -0.130. The number of nitrogens with zero attached hydrogens (tertiary/aromatic N) is 3. The van der Waals surface area contributed by atoms with E-state index in [0.717, 1.165) is 10.6 Å². The highest BCUT2D eigenvalue weighted by Crippen LogP contribution is 2.30. The third-order valence-electron chi connectivity index (χ3n) is 6.01. The van der Waals surface area contributed by atoms with Crippen molar-refractivity contribution in [1.82, 2.24) is 14.8 Å². The van der Waals surface area contributed by atoms with E-state index in [4.69, 9.17) is 28.5 Å². The van der Waals surface area contributed by atoms with Crippen LogP contribution in [-0.4, -0.2) is 33.7 Å². The fraction of sp³-hybridized carbons (Fsp3) is 0.200. The van der Waals surface area contributed by atoms with E-state index < -0.39 is 24.0 Å². The van der Waals surface area contributed by atoms with Gasteiger partial charge in [-0.05, 0) is 62.7 Å². The lowest BCUT2D eigenvalue weighted by Gasteiger charge is -2.22. The summed E-state index contributed by atoms with van der Waals surface area (Å²) in [7, 11) is 0. The van der Waals surface area contributed by atoms with Crippen LogP contribution < -0.4 is 5.32 Å². The van der Waals surface area contributed by atoms with Gasteiger partial charge in [0.15, 0.2) is 5.78 Å². The zero-order chi connectivity index (χ0) is 24.8. The molecule has 1 fully saturated rings. The van der Waals surface area contributed by atoms with Crippen molar-refractivity contribution < 1.29 is 14.4 Å². The molecule has 1 saturated heterocycles. The Morgan fingerprint density at radius 2 is 1.68 bits per heavy atom. The summed E-state index contributed by atoms with van der Waals surface area (Å²) in [6.07, 6.45) is 0. The molecule has 1 N–H and O–H groups in total. The van der Waals surface area contributed by atoms with Crippen LogP contribution >= 0.6 is 23.2 Å². The molecule has 4 rings (SSSR count). The van der Waals surface area contributed by atoms with Gasteiger partial charge in [0.25, 0.3) is 5.91 Å². The molecule has 0 bridgehead atoms. The maximum atomic E-state index is 13.2. The SMILES string of the molecule is Cc1cc(C(=O)CN2C(=O)NC(C)(c3ccc(C#N)cc3)C2=O)c(C)n1-c1cc(Cl)cc(Cl)c1. The molecule has 1 aliphatic rings. The van der Waals surface area contributed by atoms with Crippen molar-refractivity contribution in [2.24, 2.45) is 0 Å². The number of aryl methyl sites for hydroxylation is 1. The largest absolute Gasteiger partial charge is 0.325 e. The Balaban J connectivity index is 1.61. The maximum Gasteiger partial charge on any atom is 0.325 e. The van der Waals surface area contributed by atoms with E-state index >= 15 is 0 Å². The Morgan fingerprint density at radius 1 is 1.06 bits per heavy atom. The van der Waals surface area contributed by atoms with Crippen LogP contribution in [0, 0.1) is 25.2 Å². The van der Waals surface area contributed by atoms with Crippen LogP contribution in [0.2, 0.25) is 10.0 Å². The summed E-state index contributed by atoms with van der Waals surface area (Å²) < 4.78 is 1.84. The number of amides is 3. The predicted octanol–water partition coefficient (Wildman–Crippen LogP) is 4.92. The Hall–Kier alpha value is -3.60. The van der Waals surface area contributed by atoms with Crippen LogP contribution in [0.3, 0.4) is 0 Å². The number of hydrogen-bond donors (Lipinski definition) is 1. The van der Waals surface area contributed by atoms with Gasteiger partial charge in [-0.2, -0.15) is 5.26 Å². The minimum Gasteiger partial charge on any atom is -0.319 e. The number of carbonyl (C=O) groups is 3. The molecule has 0 saturated carbocycles. The van der Waals surface area contributed by atoms with Gasteiger partial charge in [0.1, 0.15) is 5.54 Å². The first-order valence-electron chi connectivity index (χ1n) is 10.4. The predicted molar refractivity (Wildman–Crippen MR) is 128 cm³/mol. The van der Waals surface area contributed by atoms with Gasteiger partial charge in [-0.15, -0.1) is 0 Å². The van der Waals surface area contributed by atoms with Crippen LogP contribution in [0.15, 0.2) is 48.5 Å². The van der Waals surface area contributed by atoms with Gasteiger partial charge in [-0.1, -0.05) is 35.3 Å². The summed E-state index contributed by atoms with van der Waals surface area (Å²) in [4.78, 5) is 40.0. The van der Waals surface area contributed by atoms with E-state index in [2.05, 4.69) is 5.32 Å². The first-order valence-corrected chi connectivity index (χ1v) is 11.1. The highest BCUT2D eigenvalue weighted by atomic mass is 35.5. The molecule has 0 radical (unpaired) electrons. The summed E-state index contributed by atoms with van der Waals surface area (Å²) >= 11 is 12.3. The standard InChI is InChI=1S/C25H20Cl2N4O3/c1-14-8-21(15(2)31(14)20-10-18(26)9-19(27)11-20)22(32)13-30-23(33)25(3,29-24(30)34)17-6-4-16(12-28)5-7-17/h4-11H,13H2,1-3H3,(H,29,34). The van der Waals surface area contributed by atoms with Crippen molar-refractivity contribution in [1.29, 1.82) is 5.26 Å². The number of nitrogens with one attached hydrogen (secondary N) is 1. The van der Waals surface area contributed by atoms with Crippen LogP contribution in [-0.2, 0) is 10.3 Å². The Kier molecular flexibility index (Phi) is 5.98. The molecule has 2 heterocycles. The summed E-state index contributed by atoms with van der Waals surface area (Å²) in [6.45, 7) is 4.79. The van der Waals surface area contributed by atoms with Crippen LogP contribution in [0.25, 0.3) is 5.69 Å². The minimum atomic E-state index is -1.33. The summed E-state index contributed by atoms with van der Waals surface area (Å²) in [5, 5.41) is 12.6. The molecule has 9 heteroatoms. The molecular weight excluding hydrogens is 475 g/mol. The number of ketones is 1. The molecule has 1 aromatic heterocycles. The van der Waals surface area contributed by atoms with Crippen LogP contribution in [0.5, 0.6) is 0 Å². The van der Waals surface area contributed by atoms with Gasteiger partial charge in [0.05, 0.1) is 18.2 Å². The van der Waals surface area contributed by atoms with Gasteiger partial charge in [0, 0.05) is 32.7 Å². The van der Waals surface area contributed by atoms with Crippen LogP contribution in [0.4, 0.5) is 4.79 Å². The van der Waals surface area contributed by atoms with E-state index in [9.17, 15) is 14.4 Å². The number of Topliss-reactive ketones (excluding diaryl/α,β-unsaturated/α-hetero) is 1. The quantitative estimate of drug-likeness (QED) is 0.402. The zero-order valence-corrected chi connectivity index (χ0v) is 20.2. The number of aromatic nitrogens is 1. The van der Waals surface area contributed by atoms with E-state index in [1.54, 1.807) is 62.4 Å². The molecule has 1 unspecified atom stereocenters. The molecule has 172 valence electrons. The molecule has 1 atom stereocenters. The summed E-state index contributed by atoms with van der Waals surface area (Å²) in [5.41, 5.74) is 2.14. The van der Waals surface area contributed by atoms with E-state index in [-0.39, 0.29) is 5.78 Å².